The highest BCUT2D eigenvalue weighted by molar-refractivity contribution is 5.67. The maximum atomic E-state index is 12.7. The Kier molecular flexibility index (Phi) is 3.58. The fraction of sp³-hybridized carbons (Fsp3) is 0.417. The van der Waals surface area contributed by atoms with Gasteiger partial charge in [0.05, 0.1) is 26.4 Å². The van der Waals surface area contributed by atoms with Crippen molar-refractivity contribution in [3.63, 3.8) is 0 Å². The van der Waals surface area contributed by atoms with Crippen LogP contribution in [0, 0.1) is 5.82 Å². The number of benzene rings is 1. The molecule has 0 bridgehead atoms. The summed E-state index contributed by atoms with van der Waals surface area (Å²) in [5.74, 6) is -0.288. The van der Waals surface area contributed by atoms with Gasteiger partial charge in [-0.2, -0.15) is 0 Å². The zero-order valence-corrected chi connectivity index (χ0v) is 9.56. The second-order valence-corrected chi connectivity index (χ2v) is 3.93. The molecule has 5 heteroatoms. The molecule has 92 valence electrons. The summed E-state index contributed by atoms with van der Waals surface area (Å²) in [5.41, 5.74) is 0.859. The molecule has 0 N–H and O–H groups in total. The van der Waals surface area contributed by atoms with Gasteiger partial charge in [-0.15, -0.1) is 0 Å². The van der Waals surface area contributed by atoms with E-state index in [2.05, 4.69) is 0 Å². The zero-order valence-electron chi connectivity index (χ0n) is 9.56. The molecule has 1 heterocycles. The van der Waals surface area contributed by atoms with Gasteiger partial charge in [0, 0.05) is 6.54 Å². The van der Waals surface area contributed by atoms with E-state index in [1.165, 1.54) is 19.2 Å². The minimum atomic E-state index is -0.398. The number of halogens is 1. The van der Waals surface area contributed by atoms with Crippen molar-refractivity contribution < 1.29 is 18.7 Å². The third-order valence-corrected chi connectivity index (χ3v) is 2.55. The van der Waals surface area contributed by atoms with Gasteiger partial charge in [-0.3, -0.25) is 0 Å². The molecule has 0 radical (unpaired) electrons. The van der Waals surface area contributed by atoms with Crippen LogP contribution in [0.2, 0.25) is 0 Å². The molecule has 4 nitrogen and oxygen atoms in total. The predicted octanol–water partition coefficient (Wildman–Crippen LogP) is 1.79. The van der Waals surface area contributed by atoms with Gasteiger partial charge in [0.2, 0.25) is 0 Å². The normalized spacial score (nSPS) is 17.6. The topological polar surface area (TPSA) is 42.1 Å². The first-order chi connectivity index (χ1) is 8.19. The van der Waals surface area contributed by atoms with Crippen LogP contribution in [-0.4, -0.2) is 37.4 Å². The Bertz CT molecular complexity index is 389. The van der Waals surface area contributed by atoms with Crippen molar-refractivity contribution in [2.45, 2.75) is 12.6 Å². The lowest BCUT2D eigenvalue weighted by Crippen LogP contribution is -2.33. The average molecular weight is 239 g/mol. The number of carbonyl (C=O) groups excluding carboxylic acids is 1. The first-order valence-electron chi connectivity index (χ1n) is 5.38. The van der Waals surface area contributed by atoms with E-state index >= 15 is 0 Å². The Hall–Kier alpha value is -1.62. The second kappa shape index (κ2) is 5.14. The van der Waals surface area contributed by atoms with E-state index in [1.54, 1.807) is 17.0 Å². The van der Waals surface area contributed by atoms with E-state index < -0.39 is 6.09 Å². The molecule has 1 saturated heterocycles. The number of carbonyl (C=O) groups is 1. The van der Waals surface area contributed by atoms with Crippen molar-refractivity contribution in [3.8, 4) is 0 Å². The van der Waals surface area contributed by atoms with Gasteiger partial charge < -0.3 is 14.4 Å². The summed E-state index contributed by atoms with van der Waals surface area (Å²) >= 11 is 0. The lowest BCUT2D eigenvalue weighted by Gasteiger charge is -2.20. The van der Waals surface area contributed by atoms with Crippen LogP contribution in [0.25, 0.3) is 0 Å². The molecule has 1 fully saturated rings. The molecule has 1 aromatic rings. The standard InChI is InChI=1S/C12H14FNO3/c1-16-12(15)14(7-11-8-17-11)6-9-2-4-10(13)5-3-9/h2-5,11H,6-8H2,1H3. The molecule has 1 aliphatic heterocycles. The predicted molar refractivity (Wildman–Crippen MR) is 59.0 cm³/mol. The molecule has 1 aromatic carbocycles. The van der Waals surface area contributed by atoms with E-state index in [-0.39, 0.29) is 11.9 Å². The maximum Gasteiger partial charge on any atom is 0.409 e. The third kappa shape index (κ3) is 3.42. The Morgan fingerprint density at radius 3 is 2.71 bits per heavy atom. The van der Waals surface area contributed by atoms with Crippen molar-refractivity contribution in [3.05, 3.63) is 35.6 Å². The number of amides is 1. The summed E-state index contributed by atoms with van der Waals surface area (Å²) in [4.78, 5) is 13.1. The number of ether oxygens (including phenoxy) is 2. The monoisotopic (exact) mass is 239 g/mol. The molecule has 2 rings (SSSR count). The number of hydrogen-bond donors (Lipinski definition) is 0. The lowest BCUT2D eigenvalue weighted by atomic mass is 10.2. The number of methoxy groups -OCH3 is 1. The highest BCUT2D eigenvalue weighted by Gasteiger charge is 2.28. The van der Waals surface area contributed by atoms with Crippen molar-refractivity contribution >= 4 is 6.09 Å². The van der Waals surface area contributed by atoms with Crippen LogP contribution in [0.1, 0.15) is 5.56 Å². The summed E-state index contributed by atoms with van der Waals surface area (Å²) in [6.07, 6.45) is -0.292. The van der Waals surface area contributed by atoms with E-state index in [0.717, 1.165) is 5.56 Å². The molecule has 17 heavy (non-hydrogen) atoms. The third-order valence-electron chi connectivity index (χ3n) is 2.55. The summed E-state index contributed by atoms with van der Waals surface area (Å²) in [5, 5.41) is 0. The summed E-state index contributed by atoms with van der Waals surface area (Å²) in [7, 11) is 1.34. The maximum absolute atomic E-state index is 12.7. The van der Waals surface area contributed by atoms with Gasteiger partial charge in [0.1, 0.15) is 5.82 Å². The number of nitrogens with zero attached hydrogens (tertiary/aromatic N) is 1. The van der Waals surface area contributed by atoms with Gasteiger partial charge >= 0.3 is 6.09 Å². The first-order valence-corrected chi connectivity index (χ1v) is 5.38. The summed E-state index contributed by atoms with van der Waals surface area (Å²) < 4.78 is 22.5. The van der Waals surface area contributed by atoms with E-state index in [1.807, 2.05) is 0 Å². The fourth-order valence-corrected chi connectivity index (χ4v) is 1.56. The molecular formula is C12H14FNO3. The molecule has 0 saturated carbocycles. The molecule has 1 atom stereocenters. The summed E-state index contributed by atoms with van der Waals surface area (Å²) in [6.45, 7) is 1.58. The van der Waals surface area contributed by atoms with Crippen molar-refractivity contribution in [2.75, 3.05) is 20.3 Å². The van der Waals surface area contributed by atoms with Crippen LogP contribution >= 0.6 is 0 Å². The van der Waals surface area contributed by atoms with Crippen molar-refractivity contribution in [1.82, 2.24) is 4.90 Å². The smallest absolute Gasteiger partial charge is 0.409 e. The second-order valence-electron chi connectivity index (χ2n) is 3.93. The quantitative estimate of drug-likeness (QED) is 0.752. The molecule has 0 aliphatic carbocycles. The molecule has 0 aromatic heterocycles. The number of rotatable bonds is 4. The molecular weight excluding hydrogens is 225 g/mol. The lowest BCUT2D eigenvalue weighted by molar-refractivity contribution is 0.117. The molecule has 1 amide bonds. The van der Waals surface area contributed by atoms with Crippen LogP contribution in [0.4, 0.5) is 9.18 Å². The number of hydrogen-bond acceptors (Lipinski definition) is 3. The molecule has 1 aliphatic rings. The molecule has 1 unspecified atom stereocenters. The van der Waals surface area contributed by atoms with Crippen LogP contribution in [0.3, 0.4) is 0 Å². The van der Waals surface area contributed by atoms with E-state index in [9.17, 15) is 9.18 Å². The Balaban J connectivity index is 2.00. The van der Waals surface area contributed by atoms with Gasteiger partial charge in [-0.05, 0) is 17.7 Å². The zero-order chi connectivity index (χ0) is 12.3. The largest absolute Gasteiger partial charge is 0.453 e. The highest BCUT2D eigenvalue weighted by atomic mass is 19.1. The van der Waals surface area contributed by atoms with Gasteiger partial charge in [0.15, 0.2) is 0 Å². The van der Waals surface area contributed by atoms with Gasteiger partial charge in [-0.25, -0.2) is 9.18 Å². The Morgan fingerprint density at radius 1 is 1.53 bits per heavy atom. The number of epoxide rings is 1. The van der Waals surface area contributed by atoms with Gasteiger partial charge in [0.25, 0.3) is 0 Å². The van der Waals surface area contributed by atoms with Crippen LogP contribution in [0.15, 0.2) is 24.3 Å². The fourth-order valence-electron chi connectivity index (χ4n) is 1.56. The van der Waals surface area contributed by atoms with Gasteiger partial charge in [-0.1, -0.05) is 12.1 Å². The minimum Gasteiger partial charge on any atom is -0.453 e. The molecule has 0 spiro atoms. The highest BCUT2D eigenvalue weighted by Crippen LogP contribution is 2.14. The first kappa shape index (κ1) is 11.9. The Morgan fingerprint density at radius 2 is 2.18 bits per heavy atom. The summed E-state index contributed by atoms with van der Waals surface area (Å²) in [6, 6.07) is 6.05. The van der Waals surface area contributed by atoms with E-state index in [4.69, 9.17) is 9.47 Å². The van der Waals surface area contributed by atoms with E-state index in [0.29, 0.717) is 19.7 Å². The average Bonchev–Trinajstić information content (AvgIpc) is 3.14. The van der Waals surface area contributed by atoms with Crippen molar-refractivity contribution in [2.24, 2.45) is 0 Å². The van der Waals surface area contributed by atoms with Crippen LogP contribution in [0.5, 0.6) is 0 Å². The van der Waals surface area contributed by atoms with Crippen LogP contribution < -0.4 is 0 Å². The minimum absolute atomic E-state index is 0.106. The van der Waals surface area contributed by atoms with Crippen molar-refractivity contribution in [1.29, 1.82) is 0 Å². The SMILES string of the molecule is COC(=O)N(Cc1ccc(F)cc1)CC1CO1. The Labute approximate surface area is 98.9 Å². The van der Waals surface area contributed by atoms with Crippen LogP contribution in [-0.2, 0) is 16.0 Å².